The van der Waals surface area contributed by atoms with Crippen molar-refractivity contribution in [1.29, 1.82) is 5.26 Å². The van der Waals surface area contributed by atoms with Gasteiger partial charge in [0.2, 0.25) is 11.8 Å². The number of benzene rings is 1. The normalized spacial score (nSPS) is 15.4. The summed E-state index contributed by atoms with van der Waals surface area (Å²) < 4.78 is 0. The fourth-order valence-electron chi connectivity index (χ4n) is 1.79. The van der Waals surface area contributed by atoms with Crippen LogP contribution in [0.3, 0.4) is 0 Å². The Morgan fingerprint density at radius 2 is 1.94 bits per heavy atom. The minimum Gasteiger partial charge on any atom is -0.353 e. The number of amides is 2. The zero-order valence-electron chi connectivity index (χ0n) is 9.36. The topological polar surface area (TPSA) is 73.2 Å². The largest absolute Gasteiger partial charge is 0.353 e. The predicted molar refractivity (Wildman–Crippen MR) is 61.3 cm³/mol. The lowest BCUT2D eigenvalue weighted by molar-refractivity contribution is -0.130. The van der Waals surface area contributed by atoms with Gasteiger partial charge in [0, 0.05) is 5.69 Å². The summed E-state index contributed by atoms with van der Waals surface area (Å²) in [6.07, 6.45) is 0. The molecular formula is C12H11N3O2. The van der Waals surface area contributed by atoms with E-state index in [2.05, 4.69) is 11.4 Å². The van der Waals surface area contributed by atoms with E-state index in [-0.39, 0.29) is 24.9 Å². The number of aryl methyl sites for hydroxylation is 1. The summed E-state index contributed by atoms with van der Waals surface area (Å²) in [6, 6.07) is 7.33. The predicted octanol–water partition coefficient (Wildman–Crippen LogP) is 0.329. The van der Waals surface area contributed by atoms with Crippen LogP contribution in [0.2, 0.25) is 0 Å². The van der Waals surface area contributed by atoms with Crippen LogP contribution in [0.4, 0.5) is 5.69 Å². The van der Waals surface area contributed by atoms with E-state index in [1.165, 1.54) is 0 Å². The molecule has 1 aromatic carbocycles. The number of nitriles is 1. The van der Waals surface area contributed by atoms with Crippen molar-refractivity contribution in [2.45, 2.75) is 6.92 Å². The van der Waals surface area contributed by atoms with E-state index in [1.54, 1.807) is 17.0 Å². The molecule has 0 bridgehead atoms. The Hall–Kier alpha value is -2.35. The standard InChI is InChI=1S/C12H11N3O2/c1-8-4-10(3-2-9(8)5-13)15-6-11(16)14-12(17)7-15/h2-4H,6-7H2,1H3,(H,14,16,17). The second-order valence-electron chi connectivity index (χ2n) is 3.94. The van der Waals surface area contributed by atoms with Gasteiger partial charge in [-0.05, 0) is 30.7 Å². The maximum absolute atomic E-state index is 11.2. The van der Waals surface area contributed by atoms with Gasteiger partial charge in [-0.3, -0.25) is 14.9 Å². The smallest absolute Gasteiger partial charge is 0.246 e. The molecule has 1 aliphatic rings. The van der Waals surface area contributed by atoms with Crippen LogP contribution in [0.5, 0.6) is 0 Å². The first-order valence-corrected chi connectivity index (χ1v) is 5.18. The van der Waals surface area contributed by atoms with Crippen LogP contribution in [0.25, 0.3) is 0 Å². The highest BCUT2D eigenvalue weighted by molar-refractivity contribution is 6.02. The zero-order valence-corrected chi connectivity index (χ0v) is 9.36. The second kappa shape index (κ2) is 4.26. The summed E-state index contributed by atoms with van der Waals surface area (Å²) in [5.41, 5.74) is 2.22. The molecule has 0 aliphatic carbocycles. The van der Waals surface area contributed by atoms with E-state index in [0.717, 1.165) is 11.3 Å². The monoisotopic (exact) mass is 229 g/mol. The summed E-state index contributed by atoms with van der Waals surface area (Å²) in [5.74, 6) is -0.605. The summed E-state index contributed by atoms with van der Waals surface area (Å²) in [7, 11) is 0. The van der Waals surface area contributed by atoms with Gasteiger partial charge in [0.25, 0.3) is 0 Å². The van der Waals surface area contributed by atoms with Gasteiger partial charge in [-0.15, -0.1) is 0 Å². The third kappa shape index (κ3) is 2.26. The summed E-state index contributed by atoms with van der Waals surface area (Å²) in [6.45, 7) is 2.15. The molecule has 0 radical (unpaired) electrons. The molecule has 2 rings (SSSR count). The fourth-order valence-corrected chi connectivity index (χ4v) is 1.79. The van der Waals surface area contributed by atoms with Gasteiger partial charge in [-0.2, -0.15) is 5.26 Å². The van der Waals surface area contributed by atoms with E-state index < -0.39 is 0 Å². The van der Waals surface area contributed by atoms with Gasteiger partial charge < -0.3 is 4.90 Å². The molecule has 0 atom stereocenters. The molecule has 2 amide bonds. The van der Waals surface area contributed by atoms with E-state index in [1.807, 2.05) is 13.0 Å². The summed E-state index contributed by atoms with van der Waals surface area (Å²) in [5, 5.41) is 11.1. The van der Waals surface area contributed by atoms with E-state index in [9.17, 15) is 9.59 Å². The van der Waals surface area contributed by atoms with Crippen molar-refractivity contribution in [1.82, 2.24) is 5.32 Å². The Kier molecular flexibility index (Phi) is 2.79. The molecular weight excluding hydrogens is 218 g/mol. The molecule has 5 nitrogen and oxygen atoms in total. The lowest BCUT2D eigenvalue weighted by Gasteiger charge is -2.27. The van der Waals surface area contributed by atoms with Crippen LogP contribution < -0.4 is 10.2 Å². The van der Waals surface area contributed by atoms with Crippen LogP contribution in [0, 0.1) is 18.3 Å². The molecule has 1 aliphatic heterocycles. The molecule has 1 N–H and O–H groups in total. The number of carbonyl (C=O) groups is 2. The molecule has 5 heteroatoms. The summed E-state index contributed by atoms with van der Waals surface area (Å²) in [4.78, 5) is 24.2. The van der Waals surface area contributed by atoms with E-state index in [4.69, 9.17) is 5.26 Å². The Balaban J connectivity index is 2.28. The number of anilines is 1. The lowest BCUT2D eigenvalue weighted by atomic mass is 10.1. The Bertz CT molecular complexity index is 515. The Labute approximate surface area is 98.6 Å². The highest BCUT2D eigenvalue weighted by Gasteiger charge is 2.22. The highest BCUT2D eigenvalue weighted by atomic mass is 16.2. The van der Waals surface area contributed by atoms with Gasteiger partial charge in [0.15, 0.2) is 0 Å². The first-order valence-electron chi connectivity index (χ1n) is 5.18. The number of nitrogens with one attached hydrogen (secondary N) is 1. The van der Waals surface area contributed by atoms with Gasteiger partial charge in [-0.25, -0.2) is 0 Å². The van der Waals surface area contributed by atoms with Gasteiger partial charge >= 0.3 is 0 Å². The highest BCUT2D eigenvalue weighted by Crippen LogP contribution is 2.19. The third-order valence-electron chi connectivity index (χ3n) is 2.64. The number of hydrogen-bond acceptors (Lipinski definition) is 4. The lowest BCUT2D eigenvalue weighted by Crippen LogP contribution is -2.51. The third-order valence-corrected chi connectivity index (χ3v) is 2.64. The molecule has 0 spiro atoms. The summed E-state index contributed by atoms with van der Waals surface area (Å²) >= 11 is 0. The Morgan fingerprint density at radius 1 is 1.29 bits per heavy atom. The van der Waals surface area contributed by atoms with Gasteiger partial charge in [0.1, 0.15) is 0 Å². The molecule has 1 heterocycles. The molecule has 0 unspecified atom stereocenters. The van der Waals surface area contributed by atoms with Crippen LogP contribution in [-0.4, -0.2) is 24.9 Å². The second-order valence-corrected chi connectivity index (χ2v) is 3.94. The van der Waals surface area contributed by atoms with Crippen LogP contribution in [0.1, 0.15) is 11.1 Å². The molecule has 0 aromatic heterocycles. The molecule has 17 heavy (non-hydrogen) atoms. The van der Waals surface area contributed by atoms with Crippen LogP contribution >= 0.6 is 0 Å². The van der Waals surface area contributed by atoms with Gasteiger partial charge in [-0.1, -0.05) is 0 Å². The van der Waals surface area contributed by atoms with Crippen molar-refractivity contribution in [3.8, 4) is 6.07 Å². The maximum Gasteiger partial charge on any atom is 0.246 e. The maximum atomic E-state index is 11.2. The molecule has 1 aromatic rings. The number of carbonyl (C=O) groups excluding carboxylic acids is 2. The van der Waals surface area contributed by atoms with Crippen LogP contribution in [0.15, 0.2) is 18.2 Å². The van der Waals surface area contributed by atoms with E-state index in [0.29, 0.717) is 5.56 Å². The molecule has 0 saturated carbocycles. The van der Waals surface area contributed by atoms with Crippen molar-refractivity contribution in [2.24, 2.45) is 0 Å². The number of rotatable bonds is 1. The molecule has 1 fully saturated rings. The number of piperazine rings is 1. The number of imide groups is 1. The van der Waals surface area contributed by atoms with Crippen molar-refractivity contribution in [3.63, 3.8) is 0 Å². The molecule has 86 valence electrons. The minimum absolute atomic E-state index is 0.164. The SMILES string of the molecule is Cc1cc(N2CC(=O)NC(=O)C2)ccc1C#N. The Morgan fingerprint density at radius 3 is 2.47 bits per heavy atom. The number of hydrogen-bond donors (Lipinski definition) is 1. The fraction of sp³-hybridized carbons (Fsp3) is 0.250. The van der Waals surface area contributed by atoms with Crippen molar-refractivity contribution in [2.75, 3.05) is 18.0 Å². The first-order chi connectivity index (χ1) is 8.10. The zero-order chi connectivity index (χ0) is 12.4. The quantitative estimate of drug-likeness (QED) is 0.704. The van der Waals surface area contributed by atoms with E-state index >= 15 is 0 Å². The van der Waals surface area contributed by atoms with Crippen molar-refractivity contribution in [3.05, 3.63) is 29.3 Å². The number of nitrogens with zero attached hydrogens (tertiary/aromatic N) is 2. The average molecular weight is 229 g/mol. The molecule has 1 saturated heterocycles. The minimum atomic E-state index is -0.303. The van der Waals surface area contributed by atoms with Crippen LogP contribution in [-0.2, 0) is 9.59 Å². The van der Waals surface area contributed by atoms with Crippen molar-refractivity contribution >= 4 is 17.5 Å². The average Bonchev–Trinajstić information content (AvgIpc) is 2.27. The van der Waals surface area contributed by atoms with Gasteiger partial charge in [0.05, 0.1) is 24.7 Å². The first kappa shape index (κ1) is 11.1. The van der Waals surface area contributed by atoms with Crippen molar-refractivity contribution < 1.29 is 9.59 Å².